The average molecular weight is 698 g/mol. The highest BCUT2D eigenvalue weighted by molar-refractivity contribution is 6.25. The van der Waals surface area contributed by atoms with Gasteiger partial charge in [0.2, 0.25) is 0 Å². The second-order valence-electron chi connectivity index (χ2n) is 14.4. The fourth-order valence-corrected chi connectivity index (χ4v) is 8.88. The average Bonchev–Trinajstić information content (AvgIpc) is 3.65. The molecule has 0 aliphatic rings. The highest BCUT2D eigenvalue weighted by atomic mass is 15.0. The van der Waals surface area contributed by atoms with Gasteiger partial charge in [-0.3, -0.25) is 0 Å². The third-order valence-electron chi connectivity index (χ3n) is 11.4. The van der Waals surface area contributed by atoms with Crippen LogP contribution in [0.2, 0.25) is 0 Å². The minimum Gasteiger partial charge on any atom is -0.309 e. The monoisotopic (exact) mass is 697 g/mol. The zero-order valence-electron chi connectivity index (χ0n) is 30.2. The first kappa shape index (κ1) is 31.3. The molecule has 0 unspecified atom stereocenters. The standard InChI is InChI=1S/C54H35N/c1-2-19-42(20-3-1)55-51-27-11-6-16-41(51)35-52(55)39-30-28-36(29-31-39)40-32-33-49-50(34-40)54(46-26-13-18-38-15-5-8-22-44(38)46)48-24-10-9-23-47(48)53(49)45-25-12-17-37-14-4-7-21-43(37)45/h1-35H. The van der Waals surface area contributed by atoms with Crippen molar-refractivity contribution >= 4 is 54.0 Å². The van der Waals surface area contributed by atoms with Crippen molar-refractivity contribution in [1.29, 1.82) is 0 Å². The fourth-order valence-electron chi connectivity index (χ4n) is 8.88. The van der Waals surface area contributed by atoms with E-state index in [1.165, 1.54) is 98.6 Å². The number of rotatable bonds is 5. The van der Waals surface area contributed by atoms with Gasteiger partial charge in [-0.1, -0.05) is 182 Å². The number of nitrogens with zero attached hydrogens (tertiary/aromatic N) is 1. The van der Waals surface area contributed by atoms with Gasteiger partial charge in [0.1, 0.15) is 0 Å². The maximum absolute atomic E-state index is 2.43. The third-order valence-corrected chi connectivity index (χ3v) is 11.4. The Kier molecular flexibility index (Phi) is 7.25. The first-order valence-electron chi connectivity index (χ1n) is 19.0. The van der Waals surface area contributed by atoms with Crippen molar-refractivity contribution in [3.05, 3.63) is 212 Å². The van der Waals surface area contributed by atoms with E-state index in [-0.39, 0.29) is 0 Å². The number of aromatic nitrogens is 1. The van der Waals surface area contributed by atoms with Crippen LogP contribution in [0.15, 0.2) is 212 Å². The molecule has 0 saturated carbocycles. The van der Waals surface area contributed by atoms with Crippen LogP contribution in [0.25, 0.3) is 104 Å². The summed E-state index contributed by atoms with van der Waals surface area (Å²) in [4.78, 5) is 0. The van der Waals surface area contributed by atoms with Gasteiger partial charge in [0.25, 0.3) is 0 Å². The van der Waals surface area contributed by atoms with Gasteiger partial charge in [0.15, 0.2) is 0 Å². The normalized spacial score (nSPS) is 11.6. The van der Waals surface area contributed by atoms with Gasteiger partial charge in [0.05, 0.1) is 11.2 Å². The van der Waals surface area contributed by atoms with Crippen molar-refractivity contribution in [3.63, 3.8) is 0 Å². The number of hydrogen-bond acceptors (Lipinski definition) is 0. The van der Waals surface area contributed by atoms with Crippen LogP contribution in [0.5, 0.6) is 0 Å². The van der Waals surface area contributed by atoms with E-state index in [1.54, 1.807) is 0 Å². The Morgan fingerprint density at radius 1 is 0.273 bits per heavy atom. The molecule has 55 heavy (non-hydrogen) atoms. The highest BCUT2D eigenvalue weighted by Crippen LogP contribution is 2.47. The summed E-state index contributed by atoms with van der Waals surface area (Å²) in [6, 6.07) is 77.8. The van der Waals surface area contributed by atoms with E-state index in [2.05, 4.69) is 217 Å². The third kappa shape index (κ3) is 5.09. The molecule has 0 aliphatic heterocycles. The van der Waals surface area contributed by atoms with Gasteiger partial charge in [-0.25, -0.2) is 0 Å². The molecule has 1 aromatic heterocycles. The Balaban J connectivity index is 1.15. The van der Waals surface area contributed by atoms with Crippen molar-refractivity contribution in [2.24, 2.45) is 0 Å². The smallest absolute Gasteiger partial charge is 0.0540 e. The maximum atomic E-state index is 2.43. The summed E-state index contributed by atoms with van der Waals surface area (Å²) < 4.78 is 2.37. The lowest BCUT2D eigenvalue weighted by molar-refractivity contribution is 1.13. The predicted molar refractivity (Wildman–Crippen MR) is 235 cm³/mol. The SMILES string of the molecule is c1ccc(-n2c(-c3ccc(-c4ccc5c(-c6cccc7ccccc67)c6ccccc6c(-c6cccc7ccccc67)c5c4)cc3)cc3ccccc32)cc1. The van der Waals surface area contributed by atoms with E-state index in [0.717, 1.165) is 5.69 Å². The first-order valence-corrected chi connectivity index (χ1v) is 19.0. The fraction of sp³-hybridized carbons (Fsp3) is 0. The van der Waals surface area contributed by atoms with E-state index < -0.39 is 0 Å². The van der Waals surface area contributed by atoms with Crippen molar-refractivity contribution in [2.45, 2.75) is 0 Å². The second-order valence-corrected chi connectivity index (χ2v) is 14.4. The molecule has 0 radical (unpaired) electrons. The van der Waals surface area contributed by atoms with Crippen molar-refractivity contribution in [3.8, 4) is 50.3 Å². The molecule has 0 atom stereocenters. The Bertz CT molecular complexity index is 3230. The van der Waals surface area contributed by atoms with Gasteiger partial charge >= 0.3 is 0 Å². The summed E-state index contributed by atoms with van der Waals surface area (Å²) in [5, 5.41) is 11.3. The largest absolute Gasteiger partial charge is 0.309 e. The molecule has 10 aromatic carbocycles. The molecule has 0 amide bonds. The summed E-state index contributed by atoms with van der Waals surface area (Å²) >= 11 is 0. The maximum Gasteiger partial charge on any atom is 0.0540 e. The molecule has 11 aromatic rings. The quantitative estimate of drug-likeness (QED) is 0.158. The number of hydrogen-bond donors (Lipinski definition) is 0. The van der Waals surface area contributed by atoms with Gasteiger partial charge in [-0.15, -0.1) is 0 Å². The van der Waals surface area contributed by atoms with Gasteiger partial charge in [-0.05, 0) is 112 Å². The van der Waals surface area contributed by atoms with Gasteiger partial charge in [-0.2, -0.15) is 0 Å². The topological polar surface area (TPSA) is 4.93 Å². The van der Waals surface area contributed by atoms with Crippen LogP contribution >= 0.6 is 0 Å². The molecule has 0 aliphatic carbocycles. The van der Waals surface area contributed by atoms with Crippen molar-refractivity contribution in [1.82, 2.24) is 4.57 Å². The molecule has 0 saturated heterocycles. The van der Waals surface area contributed by atoms with Crippen LogP contribution in [0.1, 0.15) is 0 Å². The molecule has 0 spiro atoms. The molecule has 0 fully saturated rings. The lowest BCUT2D eigenvalue weighted by atomic mass is 9.83. The van der Waals surface area contributed by atoms with E-state index in [0.29, 0.717) is 0 Å². The Morgan fingerprint density at radius 2 is 0.745 bits per heavy atom. The van der Waals surface area contributed by atoms with Crippen molar-refractivity contribution < 1.29 is 0 Å². The van der Waals surface area contributed by atoms with Crippen LogP contribution in [-0.4, -0.2) is 4.57 Å². The summed E-state index contributed by atoms with van der Waals surface area (Å²) in [6.45, 7) is 0. The Labute approximate surface area is 320 Å². The van der Waals surface area contributed by atoms with E-state index in [9.17, 15) is 0 Å². The molecule has 1 heteroatoms. The summed E-state index contributed by atoms with van der Waals surface area (Å²) in [6.07, 6.45) is 0. The summed E-state index contributed by atoms with van der Waals surface area (Å²) in [7, 11) is 0. The van der Waals surface area contributed by atoms with Gasteiger partial charge < -0.3 is 4.57 Å². The lowest BCUT2D eigenvalue weighted by Crippen LogP contribution is -1.96. The summed E-state index contributed by atoms with van der Waals surface area (Å²) in [5.41, 5.74) is 12.2. The van der Waals surface area contributed by atoms with Crippen LogP contribution in [0, 0.1) is 0 Å². The Morgan fingerprint density at radius 3 is 1.40 bits per heavy atom. The minimum atomic E-state index is 1.16. The number of fused-ring (bicyclic) bond motifs is 5. The van der Waals surface area contributed by atoms with E-state index in [4.69, 9.17) is 0 Å². The number of para-hydroxylation sites is 2. The molecule has 256 valence electrons. The summed E-state index contributed by atoms with van der Waals surface area (Å²) in [5.74, 6) is 0. The zero-order valence-corrected chi connectivity index (χ0v) is 30.2. The molecular weight excluding hydrogens is 663 g/mol. The lowest BCUT2D eigenvalue weighted by Gasteiger charge is -2.20. The molecule has 11 rings (SSSR count). The van der Waals surface area contributed by atoms with Crippen LogP contribution in [0.4, 0.5) is 0 Å². The second kappa shape index (κ2) is 12.7. The molecule has 1 nitrogen and oxygen atoms in total. The van der Waals surface area contributed by atoms with E-state index in [1.807, 2.05) is 0 Å². The van der Waals surface area contributed by atoms with Gasteiger partial charge in [0, 0.05) is 11.1 Å². The predicted octanol–water partition coefficient (Wildman–Crippen LogP) is 14.9. The minimum absolute atomic E-state index is 1.16. The zero-order chi connectivity index (χ0) is 36.3. The number of benzene rings is 10. The van der Waals surface area contributed by atoms with Crippen LogP contribution in [-0.2, 0) is 0 Å². The highest BCUT2D eigenvalue weighted by Gasteiger charge is 2.20. The first-order chi connectivity index (χ1) is 27.3. The molecule has 0 N–H and O–H groups in total. The Hall–Kier alpha value is -7.22. The molecule has 0 bridgehead atoms. The molecule has 1 heterocycles. The van der Waals surface area contributed by atoms with Crippen molar-refractivity contribution in [2.75, 3.05) is 0 Å². The molecular formula is C54H35N. The van der Waals surface area contributed by atoms with Crippen LogP contribution in [0.3, 0.4) is 0 Å². The van der Waals surface area contributed by atoms with Crippen LogP contribution < -0.4 is 0 Å². The van der Waals surface area contributed by atoms with E-state index >= 15 is 0 Å².